The lowest BCUT2D eigenvalue weighted by atomic mass is 10.1. The van der Waals surface area contributed by atoms with Gasteiger partial charge in [0.25, 0.3) is 5.91 Å². The summed E-state index contributed by atoms with van der Waals surface area (Å²) in [5.41, 5.74) is 6.27. The number of rotatable bonds is 2. The maximum absolute atomic E-state index is 13.4. The van der Waals surface area contributed by atoms with Crippen LogP contribution in [-0.4, -0.2) is 23.4 Å². The minimum absolute atomic E-state index is 0.0973. The Labute approximate surface area is 113 Å². The summed E-state index contributed by atoms with van der Waals surface area (Å²) in [6.45, 7) is 2.85. The molecule has 2 N–H and O–H groups in total. The number of anilines is 1. The first-order valence-electron chi connectivity index (χ1n) is 6.99. The lowest BCUT2D eigenvalue weighted by molar-refractivity contribution is 0.0678. The van der Waals surface area contributed by atoms with Gasteiger partial charge in [0.05, 0.1) is 0 Å². The topological polar surface area (TPSA) is 46.3 Å². The second-order valence-corrected chi connectivity index (χ2v) is 5.18. The van der Waals surface area contributed by atoms with Crippen molar-refractivity contribution < 1.29 is 9.18 Å². The lowest BCUT2D eigenvalue weighted by Crippen LogP contribution is -2.39. The smallest absolute Gasteiger partial charge is 0.254 e. The Morgan fingerprint density at radius 1 is 1.37 bits per heavy atom. The van der Waals surface area contributed by atoms with Crippen molar-refractivity contribution in [3.8, 4) is 0 Å². The molecule has 2 rings (SSSR count). The summed E-state index contributed by atoms with van der Waals surface area (Å²) >= 11 is 0. The minimum atomic E-state index is -0.453. The highest BCUT2D eigenvalue weighted by atomic mass is 19.1. The second-order valence-electron chi connectivity index (χ2n) is 5.18. The summed E-state index contributed by atoms with van der Waals surface area (Å²) in [6.07, 6.45) is 5.32. The summed E-state index contributed by atoms with van der Waals surface area (Å²) in [4.78, 5) is 14.4. The number of likely N-dealkylation sites (tertiary alicyclic amines) is 1. The molecule has 1 aromatic rings. The van der Waals surface area contributed by atoms with Gasteiger partial charge in [0, 0.05) is 23.8 Å². The van der Waals surface area contributed by atoms with Crippen LogP contribution < -0.4 is 5.73 Å². The summed E-state index contributed by atoms with van der Waals surface area (Å²) in [7, 11) is 0. The summed E-state index contributed by atoms with van der Waals surface area (Å²) in [5, 5.41) is 0. The predicted octanol–water partition coefficient (Wildman–Crippen LogP) is 3.20. The highest BCUT2D eigenvalue weighted by Crippen LogP contribution is 2.22. The van der Waals surface area contributed by atoms with E-state index in [9.17, 15) is 9.18 Å². The summed E-state index contributed by atoms with van der Waals surface area (Å²) in [5.74, 6) is -0.550. The van der Waals surface area contributed by atoms with E-state index in [-0.39, 0.29) is 11.9 Å². The standard InChI is InChI=1S/C15H21FN2O/c1-2-14-6-4-3-5-7-18(14)15(19)11-8-12(16)10-13(17)9-11/h8-10,14H,2-7,17H2,1H3. The number of nitrogens with zero attached hydrogens (tertiary/aromatic N) is 1. The zero-order valence-electron chi connectivity index (χ0n) is 11.4. The zero-order valence-corrected chi connectivity index (χ0v) is 11.4. The van der Waals surface area contributed by atoms with Crippen molar-refractivity contribution >= 4 is 11.6 Å². The van der Waals surface area contributed by atoms with E-state index in [0.29, 0.717) is 11.3 Å². The highest BCUT2D eigenvalue weighted by molar-refractivity contribution is 5.95. The molecule has 1 aliphatic heterocycles. The Morgan fingerprint density at radius 3 is 2.84 bits per heavy atom. The van der Waals surface area contributed by atoms with Crippen LogP contribution in [0.2, 0.25) is 0 Å². The zero-order chi connectivity index (χ0) is 13.8. The normalized spacial score (nSPS) is 20.1. The summed E-state index contributed by atoms with van der Waals surface area (Å²) in [6, 6.07) is 4.33. The molecule has 4 heteroatoms. The molecule has 0 aliphatic carbocycles. The third kappa shape index (κ3) is 3.25. The van der Waals surface area contributed by atoms with Crippen LogP contribution in [0, 0.1) is 5.82 Å². The van der Waals surface area contributed by atoms with Crippen LogP contribution in [0.1, 0.15) is 49.4 Å². The van der Waals surface area contributed by atoms with Gasteiger partial charge in [-0.05, 0) is 37.5 Å². The third-order valence-corrected chi connectivity index (χ3v) is 3.78. The fourth-order valence-corrected chi connectivity index (χ4v) is 2.77. The van der Waals surface area contributed by atoms with E-state index in [1.165, 1.54) is 12.1 Å². The number of carbonyl (C=O) groups is 1. The first-order chi connectivity index (χ1) is 9.11. The van der Waals surface area contributed by atoms with Gasteiger partial charge in [-0.3, -0.25) is 4.79 Å². The second kappa shape index (κ2) is 6.04. The number of carbonyl (C=O) groups excluding carboxylic acids is 1. The molecule has 1 aromatic carbocycles. The van der Waals surface area contributed by atoms with Gasteiger partial charge in [-0.15, -0.1) is 0 Å². The molecule has 1 atom stereocenters. The number of nitrogens with two attached hydrogens (primary N) is 1. The van der Waals surface area contributed by atoms with E-state index in [2.05, 4.69) is 6.92 Å². The van der Waals surface area contributed by atoms with Crippen LogP contribution in [-0.2, 0) is 0 Å². The van der Waals surface area contributed by atoms with Crippen molar-refractivity contribution in [3.63, 3.8) is 0 Å². The van der Waals surface area contributed by atoms with E-state index >= 15 is 0 Å². The number of hydrogen-bond donors (Lipinski definition) is 1. The molecule has 1 aliphatic rings. The average molecular weight is 264 g/mol. The van der Waals surface area contributed by atoms with E-state index in [4.69, 9.17) is 5.73 Å². The fraction of sp³-hybridized carbons (Fsp3) is 0.533. The maximum atomic E-state index is 13.4. The maximum Gasteiger partial charge on any atom is 0.254 e. The van der Waals surface area contributed by atoms with Gasteiger partial charge in [0.2, 0.25) is 0 Å². The van der Waals surface area contributed by atoms with Crippen LogP contribution in [0.4, 0.5) is 10.1 Å². The molecule has 1 heterocycles. The number of hydrogen-bond acceptors (Lipinski definition) is 2. The number of benzene rings is 1. The van der Waals surface area contributed by atoms with Crippen molar-refractivity contribution in [3.05, 3.63) is 29.6 Å². The molecule has 0 saturated carbocycles. The number of nitrogen functional groups attached to an aromatic ring is 1. The van der Waals surface area contributed by atoms with Crippen molar-refractivity contribution in [1.29, 1.82) is 0 Å². The fourth-order valence-electron chi connectivity index (χ4n) is 2.77. The van der Waals surface area contributed by atoms with E-state index in [1.54, 1.807) is 6.07 Å². The molecular weight excluding hydrogens is 243 g/mol. The predicted molar refractivity (Wildman–Crippen MR) is 74.4 cm³/mol. The van der Waals surface area contributed by atoms with Gasteiger partial charge in [-0.2, -0.15) is 0 Å². The van der Waals surface area contributed by atoms with Crippen LogP contribution in [0.15, 0.2) is 18.2 Å². The van der Waals surface area contributed by atoms with E-state index < -0.39 is 5.82 Å². The molecule has 0 aromatic heterocycles. The first-order valence-corrected chi connectivity index (χ1v) is 6.99. The Morgan fingerprint density at radius 2 is 2.16 bits per heavy atom. The molecule has 0 bridgehead atoms. The van der Waals surface area contributed by atoms with Gasteiger partial charge < -0.3 is 10.6 Å². The average Bonchev–Trinajstić information content (AvgIpc) is 2.61. The van der Waals surface area contributed by atoms with Crippen molar-refractivity contribution in [2.24, 2.45) is 0 Å². The van der Waals surface area contributed by atoms with E-state index in [1.807, 2.05) is 4.90 Å². The molecule has 3 nitrogen and oxygen atoms in total. The van der Waals surface area contributed by atoms with Gasteiger partial charge >= 0.3 is 0 Å². The van der Waals surface area contributed by atoms with Crippen LogP contribution in [0.25, 0.3) is 0 Å². The Balaban J connectivity index is 2.25. The van der Waals surface area contributed by atoms with Gasteiger partial charge in [0.15, 0.2) is 0 Å². The van der Waals surface area contributed by atoms with Crippen LogP contribution in [0.5, 0.6) is 0 Å². The van der Waals surface area contributed by atoms with Crippen LogP contribution in [0.3, 0.4) is 0 Å². The molecule has 0 spiro atoms. The van der Waals surface area contributed by atoms with Gasteiger partial charge in [0.1, 0.15) is 5.82 Å². The monoisotopic (exact) mass is 264 g/mol. The molecule has 104 valence electrons. The highest BCUT2D eigenvalue weighted by Gasteiger charge is 2.25. The molecule has 1 fully saturated rings. The molecule has 1 unspecified atom stereocenters. The van der Waals surface area contributed by atoms with Crippen molar-refractivity contribution in [2.75, 3.05) is 12.3 Å². The number of halogens is 1. The third-order valence-electron chi connectivity index (χ3n) is 3.78. The molecule has 19 heavy (non-hydrogen) atoms. The Bertz CT molecular complexity index is 441. The van der Waals surface area contributed by atoms with Crippen LogP contribution >= 0.6 is 0 Å². The molecule has 0 radical (unpaired) electrons. The first kappa shape index (κ1) is 13.8. The quantitative estimate of drug-likeness (QED) is 0.834. The van der Waals surface area contributed by atoms with Crippen molar-refractivity contribution in [2.45, 2.75) is 45.1 Å². The lowest BCUT2D eigenvalue weighted by Gasteiger charge is -2.29. The molecule has 1 amide bonds. The minimum Gasteiger partial charge on any atom is -0.399 e. The van der Waals surface area contributed by atoms with Gasteiger partial charge in [-0.25, -0.2) is 4.39 Å². The number of amides is 1. The summed E-state index contributed by atoms with van der Waals surface area (Å²) < 4.78 is 13.4. The van der Waals surface area contributed by atoms with Gasteiger partial charge in [-0.1, -0.05) is 19.8 Å². The van der Waals surface area contributed by atoms with Crippen molar-refractivity contribution in [1.82, 2.24) is 4.90 Å². The Hall–Kier alpha value is -1.58. The Kier molecular flexibility index (Phi) is 4.40. The molecular formula is C15H21FN2O. The van der Waals surface area contributed by atoms with E-state index in [0.717, 1.165) is 38.6 Å². The molecule has 1 saturated heterocycles. The largest absolute Gasteiger partial charge is 0.399 e. The SMILES string of the molecule is CCC1CCCCCN1C(=O)c1cc(N)cc(F)c1.